The van der Waals surface area contributed by atoms with Gasteiger partial charge in [0.15, 0.2) is 0 Å². The van der Waals surface area contributed by atoms with E-state index in [1.54, 1.807) is 18.2 Å². The fraction of sp³-hybridized carbons (Fsp3) is 0.0263. The molecule has 0 heterocycles. The maximum absolute atomic E-state index is 12.6. The summed E-state index contributed by atoms with van der Waals surface area (Å²) in [4.78, 5) is 12.6. The van der Waals surface area contributed by atoms with Gasteiger partial charge in [-0.3, -0.25) is 0 Å². The average molecular weight is 577 g/mol. The topological polar surface area (TPSA) is 108 Å². The molecule has 0 aromatic heterocycles. The van der Waals surface area contributed by atoms with Gasteiger partial charge in [0, 0.05) is 29.1 Å². The van der Waals surface area contributed by atoms with E-state index in [1.165, 1.54) is 0 Å². The first-order valence-electron chi connectivity index (χ1n) is 14.2. The van der Waals surface area contributed by atoms with E-state index in [0.29, 0.717) is 39.9 Å². The Kier molecular flexibility index (Phi) is 6.52. The van der Waals surface area contributed by atoms with E-state index in [-0.39, 0.29) is 5.56 Å². The minimum Gasteiger partial charge on any atom is -0.478 e. The zero-order valence-corrected chi connectivity index (χ0v) is 23.6. The monoisotopic (exact) mass is 576 g/mol. The fourth-order valence-corrected chi connectivity index (χ4v) is 6.31. The zero-order chi connectivity index (χ0) is 30.3. The van der Waals surface area contributed by atoms with Gasteiger partial charge in [-0.2, -0.15) is 0 Å². The molecule has 0 saturated heterocycles. The quantitative estimate of drug-likeness (QED) is 0.164. The molecule has 6 nitrogen and oxygen atoms in total. The number of rotatable bonds is 7. The first-order chi connectivity index (χ1) is 21.4. The number of carboxylic acids is 1. The van der Waals surface area contributed by atoms with Crippen molar-refractivity contribution in [1.29, 1.82) is 0 Å². The maximum Gasteiger partial charge on any atom is 0.336 e. The SMILES string of the molecule is Nc1cccc(Oc2cccc(C3(c4cccc(Oc5cccc(N)c5)c4)c4ccccc4-c4c(C(=O)O)cccc43)c2)c1. The smallest absolute Gasteiger partial charge is 0.336 e. The largest absolute Gasteiger partial charge is 0.478 e. The summed E-state index contributed by atoms with van der Waals surface area (Å²) in [7, 11) is 0. The number of aromatic carboxylic acids is 1. The normalized spacial score (nSPS) is 12.6. The molecule has 6 heteroatoms. The third-order valence-corrected chi connectivity index (χ3v) is 8.02. The molecule has 214 valence electrons. The number of anilines is 2. The van der Waals surface area contributed by atoms with E-state index in [4.69, 9.17) is 20.9 Å². The molecule has 0 aliphatic heterocycles. The molecular weight excluding hydrogens is 548 g/mol. The highest BCUT2D eigenvalue weighted by molar-refractivity contribution is 6.01. The predicted molar refractivity (Wildman–Crippen MR) is 173 cm³/mol. The number of hydrogen-bond acceptors (Lipinski definition) is 5. The lowest BCUT2D eigenvalue weighted by molar-refractivity contribution is 0.0697. The molecule has 0 fully saturated rings. The Morgan fingerprint density at radius 1 is 0.545 bits per heavy atom. The van der Waals surface area contributed by atoms with Crippen LogP contribution in [-0.4, -0.2) is 11.1 Å². The third-order valence-electron chi connectivity index (χ3n) is 8.02. The van der Waals surface area contributed by atoms with Crippen LogP contribution < -0.4 is 20.9 Å². The van der Waals surface area contributed by atoms with Crippen molar-refractivity contribution in [3.63, 3.8) is 0 Å². The summed E-state index contributed by atoms with van der Waals surface area (Å²) in [5, 5.41) is 10.3. The third kappa shape index (κ3) is 4.50. The summed E-state index contributed by atoms with van der Waals surface area (Å²) in [5.74, 6) is 1.51. The number of nitrogen functional groups attached to an aromatic ring is 2. The molecule has 7 rings (SSSR count). The lowest BCUT2D eigenvalue weighted by atomic mass is 9.67. The van der Waals surface area contributed by atoms with Gasteiger partial charge in [-0.15, -0.1) is 0 Å². The van der Waals surface area contributed by atoms with Crippen LogP contribution in [0, 0.1) is 0 Å². The van der Waals surface area contributed by atoms with Gasteiger partial charge in [0.2, 0.25) is 0 Å². The van der Waals surface area contributed by atoms with E-state index in [9.17, 15) is 9.90 Å². The fourth-order valence-electron chi connectivity index (χ4n) is 6.31. The van der Waals surface area contributed by atoms with Gasteiger partial charge in [-0.25, -0.2) is 4.79 Å². The molecule has 1 aliphatic rings. The van der Waals surface area contributed by atoms with E-state index in [0.717, 1.165) is 27.8 Å². The van der Waals surface area contributed by atoms with Crippen molar-refractivity contribution in [3.8, 4) is 34.1 Å². The molecule has 0 unspecified atom stereocenters. The van der Waals surface area contributed by atoms with Gasteiger partial charge in [0.25, 0.3) is 0 Å². The van der Waals surface area contributed by atoms with Gasteiger partial charge >= 0.3 is 5.97 Å². The minimum absolute atomic E-state index is 0.246. The number of benzene rings is 6. The Hall–Kier alpha value is -6.01. The van der Waals surface area contributed by atoms with Crippen LogP contribution in [0.4, 0.5) is 11.4 Å². The Bertz CT molecular complexity index is 1960. The highest BCUT2D eigenvalue weighted by atomic mass is 16.5. The second-order valence-electron chi connectivity index (χ2n) is 10.7. The van der Waals surface area contributed by atoms with Gasteiger partial charge in [-0.05, 0) is 82.4 Å². The second kappa shape index (κ2) is 10.7. The zero-order valence-electron chi connectivity index (χ0n) is 23.6. The first kappa shape index (κ1) is 26.9. The van der Waals surface area contributed by atoms with Crippen LogP contribution in [0.5, 0.6) is 23.0 Å². The van der Waals surface area contributed by atoms with E-state index in [2.05, 4.69) is 18.2 Å². The summed E-state index contributed by atoms with van der Waals surface area (Å²) in [6.45, 7) is 0. The molecule has 0 saturated carbocycles. The molecule has 1 aliphatic carbocycles. The van der Waals surface area contributed by atoms with Crippen molar-refractivity contribution in [1.82, 2.24) is 0 Å². The molecular formula is C38H28N2O4. The summed E-state index contributed by atoms with van der Waals surface area (Å²) >= 11 is 0. The highest BCUT2D eigenvalue weighted by Crippen LogP contribution is 2.57. The van der Waals surface area contributed by atoms with Crippen molar-refractivity contribution in [2.75, 3.05) is 11.5 Å². The second-order valence-corrected chi connectivity index (χ2v) is 10.7. The number of ether oxygens (including phenoxy) is 2. The Balaban J connectivity index is 1.48. The molecule has 0 bridgehead atoms. The van der Waals surface area contributed by atoms with Crippen molar-refractivity contribution >= 4 is 17.3 Å². The lowest BCUT2D eigenvalue weighted by Crippen LogP contribution is -2.28. The van der Waals surface area contributed by atoms with E-state index in [1.807, 2.05) is 103 Å². The van der Waals surface area contributed by atoms with Crippen molar-refractivity contribution in [2.45, 2.75) is 5.41 Å². The standard InChI is InChI=1S/C38H28N2O4/c39-26-10-5-14-30(22-26)43-28-12-3-8-24(20-28)38(25-9-4-13-29(21-25)44-31-15-6-11-27(40)23-31)34-18-2-1-16-32(34)36-33(37(41)42)17-7-19-35(36)38/h1-23H,39-40H2,(H,41,42). The van der Waals surface area contributed by atoms with Crippen molar-refractivity contribution in [3.05, 3.63) is 167 Å². The molecule has 5 N–H and O–H groups in total. The van der Waals surface area contributed by atoms with Crippen LogP contribution in [0.2, 0.25) is 0 Å². The molecule has 6 aromatic carbocycles. The predicted octanol–water partition coefficient (Wildman–Crippen LogP) is 8.50. The van der Waals surface area contributed by atoms with Crippen LogP contribution in [0.15, 0.2) is 140 Å². The Morgan fingerprint density at radius 2 is 1.02 bits per heavy atom. The number of hydrogen-bond donors (Lipinski definition) is 3. The summed E-state index contributed by atoms with van der Waals surface area (Å²) in [6, 6.07) is 43.9. The first-order valence-corrected chi connectivity index (χ1v) is 14.2. The highest BCUT2D eigenvalue weighted by Gasteiger charge is 2.47. The summed E-state index contributed by atoms with van der Waals surface area (Å²) < 4.78 is 12.6. The van der Waals surface area contributed by atoms with Crippen LogP contribution in [0.25, 0.3) is 11.1 Å². The van der Waals surface area contributed by atoms with Crippen LogP contribution in [0.3, 0.4) is 0 Å². The van der Waals surface area contributed by atoms with Gasteiger partial charge in [-0.1, -0.05) is 72.8 Å². The van der Waals surface area contributed by atoms with E-state index >= 15 is 0 Å². The molecule has 0 radical (unpaired) electrons. The van der Waals surface area contributed by atoms with Crippen LogP contribution >= 0.6 is 0 Å². The summed E-state index contributed by atoms with van der Waals surface area (Å²) in [5.41, 5.74) is 17.8. The molecule has 0 atom stereocenters. The van der Waals surface area contributed by atoms with Crippen LogP contribution in [-0.2, 0) is 5.41 Å². The Labute approximate surface area is 254 Å². The van der Waals surface area contributed by atoms with Gasteiger partial charge < -0.3 is 26.0 Å². The van der Waals surface area contributed by atoms with E-state index < -0.39 is 11.4 Å². The molecule has 6 aromatic rings. The van der Waals surface area contributed by atoms with Crippen molar-refractivity contribution in [2.24, 2.45) is 0 Å². The van der Waals surface area contributed by atoms with Gasteiger partial charge in [0.05, 0.1) is 11.0 Å². The minimum atomic E-state index is -0.982. The van der Waals surface area contributed by atoms with Gasteiger partial charge in [0.1, 0.15) is 23.0 Å². The molecule has 0 spiro atoms. The number of carboxylic acid groups (broad SMARTS) is 1. The molecule has 0 amide bonds. The van der Waals surface area contributed by atoms with Crippen molar-refractivity contribution < 1.29 is 19.4 Å². The maximum atomic E-state index is 12.6. The average Bonchev–Trinajstić information content (AvgIpc) is 3.33. The molecule has 44 heavy (non-hydrogen) atoms. The number of carbonyl (C=O) groups is 1. The van der Waals surface area contributed by atoms with Crippen LogP contribution in [0.1, 0.15) is 32.6 Å². The lowest BCUT2D eigenvalue weighted by Gasteiger charge is -2.34. The summed E-state index contributed by atoms with van der Waals surface area (Å²) in [6.07, 6.45) is 0. The number of fused-ring (bicyclic) bond motifs is 3. The number of nitrogens with two attached hydrogens (primary N) is 2. The Morgan fingerprint density at radius 3 is 1.57 bits per heavy atom.